The second-order valence-electron chi connectivity index (χ2n) is 6.94. The lowest BCUT2D eigenvalue weighted by Gasteiger charge is -2.32. The minimum atomic E-state index is -0.786. The quantitative estimate of drug-likeness (QED) is 0.807. The van der Waals surface area contributed by atoms with E-state index in [1.54, 1.807) is 11.8 Å². The SMILES string of the molecule is CC(NC(=O)CC1CCCCC1)C(=O)N1CCC(C(=O)O)CC1. The molecule has 1 heterocycles. The van der Waals surface area contributed by atoms with Gasteiger partial charge in [0.05, 0.1) is 5.92 Å². The number of rotatable bonds is 5. The molecule has 1 saturated heterocycles. The molecule has 2 amide bonds. The fourth-order valence-corrected chi connectivity index (χ4v) is 3.64. The molecule has 2 fully saturated rings. The molecular formula is C17H28N2O4. The molecule has 2 N–H and O–H groups in total. The molecule has 1 saturated carbocycles. The van der Waals surface area contributed by atoms with Crippen LogP contribution in [0.1, 0.15) is 58.3 Å². The molecule has 0 spiro atoms. The van der Waals surface area contributed by atoms with Crippen molar-refractivity contribution in [2.75, 3.05) is 13.1 Å². The number of hydrogen-bond acceptors (Lipinski definition) is 3. The lowest BCUT2D eigenvalue weighted by atomic mass is 9.87. The Bertz CT molecular complexity index is 438. The van der Waals surface area contributed by atoms with Gasteiger partial charge in [0.15, 0.2) is 0 Å². The molecule has 6 heteroatoms. The van der Waals surface area contributed by atoms with Crippen LogP contribution in [0, 0.1) is 11.8 Å². The van der Waals surface area contributed by atoms with Gasteiger partial charge in [-0.1, -0.05) is 19.3 Å². The molecule has 0 bridgehead atoms. The summed E-state index contributed by atoms with van der Waals surface area (Å²) >= 11 is 0. The summed E-state index contributed by atoms with van der Waals surface area (Å²) in [6.07, 6.45) is 7.37. The van der Waals surface area contributed by atoms with Gasteiger partial charge in [0.25, 0.3) is 0 Å². The predicted molar refractivity (Wildman–Crippen MR) is 85.7 cm³/mol. The van der Waals surface area contributed by atoms with Crippen molar-refractivity contribution in [1.82, 2.24) is 10.2 Å². The number of aliphatic carboxylic acids is 1. The first kappa shape index (κ1) is 17.8. The Morgan fingerprint density at radius 2 is 1.70 bits per heavy atom. The molecule has 0 aromatic heterocycles. The Hall–Kier alpha value is -1.59. The van der Waals surface area contributed by atoms with Crippen LogP contribution in [-0.4, -0.2) is 46.9 Å². The largest absolute Gasteiger partial charge is 0.481 e. The number of likely N-dealkylation sites (tertiary alicyclic amines) is 1. The summed E-state index contributed by atoms with van der Waals surface area (Å²) in [5.41, 5.74) is 0. The van der Waals surface area contributed by atoms with Crippen molar-refractivity contribution in [3.8, 4) is 0 Å². The third-order valence-electron chi connectivity index (χ3n) is 5.10. The summed E-state index contributed by atoms with van der Waals surface area (Å²) in [7, 11) is 0. The van der Waals surface area contributed by atoms with Crippen molar-refractivity contribution >= 4 is 17.8 Å². The summed E-state index contributed by atoms with van der Waals surface area (Å²) in [6.45, 7) is 2.63. The average molecular weight is 324 g/mol. The maximum absolute atomic E-state index is 12.4. The molecule has 1 aliphatic heterocycles. The van der Waals surface area contributed by atoms with E-state index < -0.39 is 12.0 Å². The van der Waals surface area contributed by atoms with E-state index in [4.69, 9.17) is 5.11 Å². The van der Waals surface area contributed by atoms with Crippen LogP contribution in [0.4, 0.5) is 0 Å². The van der Waals surface area contributed by atoms with Crippen LogP contribution in [0.5, 0.6) is 0 Å². The van der Waals surface area contributed by atoms with Crippen molar-refractivity contribution in [3.05, 3.63) is 0 Å². The Morgan fingerprint density at radius 1 is 1.09 bits per heavy atom. The van der Waals surface area contributed by atoms with Gasteiger partial charge in [-0.25, -0.2) is 0 Å². The normalized spacial score (nSPS) is 21.7. The van der Waals surface area contributed by atoms with Crippen molar-refractivity contribution < 1.29 is 19.5 Å². The number of nitrogens with one attached hydrogen (secondary N) is 1. The highest BCUT2D eigenvalue weighted by atomic mass is 16.4. The number of carboxylic acids is 1. The number of carbonyl (C=O) groups is 3. The molecule has 130 valence electrons. The molecule has 0 radical (unpaired) electrons. The lowest BCUT2D eigenvalue weighted by molar-refractivity contribution is -0.146. The van der Waals surface area contributed by atoms with E-state index >= 15 is 0 Å². The standard InChI is InChI=1S/C17H28N2O4/c1-12(18-15(20)11-13-5-3-2-4-6-13)16(21)19-9-7-14(8-10-19)17(22)23/h12-14H,2-11H2,1H3,(H,18,20)(H,22,23). The minimum absolute atomic E-state index is 0.0434. The Labute approximate surface area is 137 Å². The Morgan fingerprint density at radius 3 is 2.26 bits per heavy atom. The van der Waals surface area contributed by atoms with E-state index in [2.05, 4.69) is 5.32 Å². The zero-order valence-electron chi connectivity index (χ0n) is 13.9. The third-order valence-corrected chi connectivity index (χ3v) is 5.10. The summed E-state index contributed by atoms with van der Waals surface area (Å²) in [5, 5.41) is 11.8. The van der Waals surface area contributed by atoms with Gasteiger partial charge in [0, 0.05) is 19.5 Å². The molecule has 1 unspecified atom stereocenters. The van der Waals surface area contributed by atoms with Gasteiger partial charge in [0.1, 0.15) is 6.04 Å². The van der Waals surface area contributed by atoms with Crippen LogP contribution >= 0.6 is 0 Å². The zero-order valence-corrected chi connectivity index (χ0v) is 13.9. The van der Waals surface area contributed by atoms with Gasteiger partial charge in [0.2, 0.25) is 11.8 Å². The van der Waals surface area contributed by atoms with Crippen LogP contribution in [-0.2, 0) is 14.4 Å². The Kier molecular flexibility index (Phi) is 6.42. The Balaban J connectivity index is 1.74. The van der Waals surface area contributed by atoms with E-state index in [9.17, 15) is 14.4 Å². The molecule has 1 atom stereocenters. The number of hydrogen-bond donors (Lipinski definition) is 2. The van der Waals surface area contributed by atoms with Crippen LogP contribution in [0.15, 0.2) is 0 Å². The van der Waals surface area contributed by atoms with Gasteiger partial charge in [-0.3, -0.25) is 14.4 Å². The lowest BCUT2D eigenvalue weighted by Crippen LogP contribution is -2.50. The fraction of sp³-hybridized carbons (Fsp3) is 0.824. The van der Waals surface area contributed by atoms with Gasteiger partial charge in [-0.2, -0.15) is 0 Å². The molecule has 2 aliphatic rings. The molecule has 0 aromatic carbocycles. The first-order valence-electron chi connectivity index (χ1n) is 8.78. The van der Waals surface area contributed by atoms with E-state index in [0.717, 1.165) is 12.8 Å². The highest BCUT2D eigenvalue weighted by Gasteiger charge is 2.29. The number of carbonyl (C=O) groups excluding carboxylic acids is 2. The number of carboxylic acid groups (broad SMARTS) is 1. The fourth-order valence-electron chi connectivity index (χ4n) is 3.64. The topological polar surface area (TPSA) is 86.7 Å². The van der Waals surface area contributed by atoms with Gasteiger partial charge >= 0.3 is 5.97 Å². The number of nitrogens with zero attached hydrogens (tertiary/aromatic N) is 1. The second kappa shape index (κ2) is 8.31. The first-order chi connectivity index (χ1) is 11.0. The summed E-state index contributed by atoms with van der Waals surface area (Å²) in [6, 6.07) is -0.535. The van der Waals surface area contributed by atoms with Crippen LogP contribution < -0.4 is 5.32 Å². The van der Waals surface area contributed by atoms with Gasteiger partial charge < -0.3 is 15.3 Å². The monoisotopic (exact) mass is 324 g/mol. The van der Waals surface area contributed by atoms with E-state index in [0.29, 0.717) is 38.3 Å². The molecule has 6 nitrogen and oxygen atoms in total. The van der Waals surface area contributed by atoms with E-state index in [1.165, 1.54) is 19.3 Å². The third kappa shape index (κ3) is 5.22. The average Bonchev–Trinajstić information content (AvgIpc) is 2.55. The molecule has 23 heavy (non-hydrogen) atoms. The van der Waals surface area contributed by atoms with Crippen molar-refractivity contribution in [1.29, 1.82) is 0 Å². The smallest absolute Gasteiger partial charge is 0.306 e. The first-order valence-corrected chi connectivity index (χ1v) is 8.78. The molecule has 1 aliphatic carbocycles. The van der Waals surface area contributed by atoms with Crippen molar-refractivity contribution in [2.45, 2.75) is 64.3 Å². The number of piperidine rings is 1. The maximum atomic E-state index is 12.4. The van der Waals surface area contributed by atoms with E-state index in [1.807, 2.05) is 0 Å². The summed E-state index contributed by atoms with van der Waals surface area (Å²) in [4.78, 5) is 37.1. The van der Waals surface area contributed by atoms with Crippen molar-refractivity contribution in [3.63, 3.8) is 0 Å². The van der Waals surface area contributed by atoms with Crippen LogP contribution in [0.25, 0.3) is 0 Å². The van der Waals surface area contributed by atoms with Gasteiger partial charge in [-0.15, -0.1) is 0 Å². The van der Waals surface area contributed by atoms with Crippen LogP contribution in [0.3, 0.4) is 0 Å². The molecular weight excluding hydrogens is 296 g/mol. The zero-order chi connectivity index (χ0) is 16.8. The molecule has 2 rings (SSSR count). The van der Waals surface area contributed by atoms with Crippen molar-refractivity contribution in [2.24, 2.45) is 11.8 Å². The highest BCUT2D eigenvalue weighted by molar-refractivity contribution is 5.87. The predicted octanol–water partition coefficient (Wildman–Crippen LogP) is 1.78. The highest BCUT2D eigenvalue weighted by Crippen LogP contribution is 2.26. The second-order valence-corrected chi connectivity index (χ2v) is 6.94. The van der Waals surface area contributed by atoms with Crippen LogP contribution in [0.2, 0.25) is 0 Å². The summed E-state index contributed by atoms with van der Waals surface area (Å²) in [5.74, 6) is -0.831. The van der Waals surface area contributed by atoms with Gasteiger partial charge in [-0.05, 0) is 38.5 Å². The van der Waals surface area contributed by atoms with E-state index in [-0.39, 0.29) is 17.7 Å². The summed E-state index contributed by atoms with van der Waals surface area (Å²) < 4.78 is 0. The minimum Gasteiger partial charge on any atom is -0.481 e. The maximum Gasteiger partial charge on any atom is 0.306 e. The number of amides is 2. The molecule has 0 aromatic rings.